The van der Waals surface area contributed by atoms with Gasteiger partial charge in [-0.05, 0) is 12.1 Å². The van der Waals surface area contributed by atoms with Crippen LogP contribution in [0, 0.1) is 10.1 Å². The Labute approximate surface area is 116 Å². The van der Waals surface area contributed by atoms with E-state index in [0.717, 1.165) is 5.56 Å². The monoisotopic (exact) mass is 271 g/mol. The van der Waals surface area contributed by atoms with Crippen molar-refractivity contribution in [2.75, 3.05) is 0 Å². The summed E-state index contributed by atoms with van der Waals surface area (Å²) in [6, 6.07) is 11.2. The van der Waals surface area contributed by atoms with Crippen molar-refractivity contribution in [2.24, 2.45) is 0 Å². The van der Waals surface area contributed by atoms with Crippen molar-refractivity contribution in [2.45, 2.75) is 13.8 Å². The smallest absolute Gasteiger partial charge is 0.273 e. The van der Waals surface area contributed by atoms with Crippen LogP contribution in [0.25, 0.3) is 0 Å². The lowest BCUT2D eigenvalue weighted by molar-refractivity contribution is -0.384. The summed E-state index contributed by atoms with van der Waals surface area (Å²) in [7, 11) is 0. The van der Waals surface area contributed by atoms with Gasteiger partial charge in [0.05, 0.1) is 16.6 Å². The van der Waals surface area contributed by atoms with E-state index in [2.05, 4.69) is 0 Å². The standard InChI is InChI=1S/C14H9NO4.CH4/c16-12-7-9-3-1-2-4-13(9)19-14-8-10(15(17)18)5-6-11(12)14;/h1-6,8H,7H2;1H4. The molecule has 2 aromatic rings. The molecule has 0 N–H and O–H groups in total. The molecule has 0 saturated heterocycles. The topological polar surface area (TPSA) is 69.4 Å². The number of Topliss-reactive ketones (excluding diaryl/α,β-unsaturated/α-hetero) is 1. The van der Waals surface area contributed by atoms with Gasteiger partial charge in [0.2, 0.25) is 0 Å². The number of hydrogen-bond donors (Lipinski definition) is 0. The normalized spacial score (nSPS) is 12.3. The molecule has 0 amide bonds. The van der Waals surface area contributed by atoms with Crippen molar-refractivity contribution >= 4 is 11.5 Å². The summed E-state index contributed by atoms with van der Waals surface area (Å²) >= 11 is 0. The van der Waals surface area contributed by atoms with Gasteiger partial charge in [-0.15, -0.1) is 0 Å². The molecule has 0 unspecified atom stereocenters. The van der Waals surface area contributed by atoms with E-state index in [1.165, 1.54) is 18.2 Å². The highest BCUT2D eigenvalue weighted by molar-refractivity contribution is 6.01. The van der Waals surface area contributed by atoms with Gasteiger partial charge in [0.15, 0.2) is 5.78 Å². The van der Waals surface area contributed by atoms with Crippen LogP contribution in [0.2, 0.25) is 0 Å². The lowest BCUT2D eigenvalue weighted by Crippen LogP contribution is -2.02. The number of ether oxygens (including phenoxy) is 1. The third kappa shape index (κ3) is 2.25. The first kappa shape index (κ1) is 13.7. The van der Waals surface area contributed by atoms with Gasteiger partial charge in [-0.2, -0.15) is 0 Å². The quantitative estimate of drug-likeness (QED) is 0.585. The molecule has 1 aliphatic heterocycles. The highest BCUT2D eigenvalue weighted by Gasteiger charge is 2.23. The molecule has 0 atom stereocenters. The Morgan fingerprint density at radius 1 is 1.10 bits per heavy atom. The Kier molecular flexibility index (Phi) is 3.52. The van der Waals surface area contributed by atoms with Gasteiger partial charge in [0.25, 0.3) is 5.69 Å². The van der Waals surface area contributed by atoms with Crippen molar-refractivity contribution in [1.29, 1.82) is 0 Å². The van der Waals surface area contributed by atoms with E-state index in [-0.39, 0.29) is 31.1 Å². The average Bonchev–Trinajstić information content (AvgIpc) is 2.54. The summed E-state index contributed by atoms with van der Waals surface area (Å²) in [5, 5.41) is 10.8. The van der Waals surface area contributed by atoms with Gasteiger partial charge >= 0.3 is 0 Å². The summed E-state index contributed by atoms with van der Waals surface area (Å²) < 4.78 is 5.64. The molecule has 0 fully saturated rings. The summed E-state index contributed by atoms with van der Waals surface area (Å²) in [6.45, 7) is 0. The molecule has 1 heterocycles. The maximum Gasteiger partial charge on any atom is 0.273 e. The van der Waals surface area contributed by atoms with Crippen LogP contribution in [0.15, 0.2) is 42.5 Å². The number of nitro groups is 1. The van der Waals surface area contributed by atoms with Crippen LogP contribution in [0.5, 0.6) is 11.5 Å². The minimum absolute atomic E-state index is 0. The molecule has 2 aromatic carbocycles. The second-order valence-corrected chi connectivity index (χ2v) is 4.25. The number of nitro benzene ring substituents is 1. The van der Waals surface area contributed by atoms with E-state index in [1.807, 2.05) is 12.1 Å². The number of carbonyl (C=O) groups is 1. The van der Waals surface area contributed by atoms with E-state index in [9.17, 15) is 14.9 Å². The molecule has 0 radical (unpaired) electrons. The largest absolute Gasteiger partial charge is 0.456 e. The number of para-hydroxylation sites is 1. The first-order valence-corrected chi connectivity index (χ1v) is 5.72. The first-order chi connectivity index (χ1) is 9.15. The maximum absolute atomic E-state index is 12.1. The Morgan fingerprint density at radius 3 is 2.60 bits per heavy atom. The fourth-order valence-electron chi connectivity index (χ4n) is 2.08. The van der Waals surface area contributed by atoms with E-state index in [1.54, 1.807) is 12.1 Å². The minimum Gasteiger partial charge on any atom is -0.456 e. The van der Waals surface area contributed by atoms with Gasteiger partial charge < -0.3 is 4.74 Å². The van der Waals surface area contributed by atoms with Gasteiger partial charge in [-0.25, -0.2) is 0 Å². The van der Waals surface area contributed by atoms with Crippen molar-refractivity contribution in [3.63, 3.8) is 0 Å². The molecular formula is C15H13NO4. The maximum atomic E-state index is 12.1. The van der Waals surface area contributed by atoms with Crippen LogP contribution < -0.4 is 4.74 Å². The lowest BCUT2D eigenvalue weighted by atomic mass is 10.0. The number of benzene rings is 2. The number of fused-ring (bicyclic) bond motifs is 2. The molecule has 1 aliphatic rings. The number of non-ortho nitro benzene ring substituents is 1. The summed E-state index contributed by atoms with van der Waals surface area (Å²) in [4.78, 5) is 22.4. The van der Waals surface area contributed by atoms with Crippen LogP contribution in [0.4, 0.5) is 5.69 Å². The summed E-state index contributed by atoms with van der Waals surface area (Å²) in [6.07, 6.45) is 0.237. The number of carbonyl (C=O) groups excluding carboxylic acids is 1. The Morgan fingerprint density at radius 2 is 1.85 bits per heavy atom. The van der Waals surface area contributed by atoms with E-state index in [0.29, 0.717) is 11.3 Å². The third-order valence-corrected chi connectivity index (χ3v) is 3.02. The summed E-state index contributed by atoms with van der Waals surface area (Å²) in [5.74, 6) is 0.703. The summed E-state index contributed by atoms with van der Waals surface area (Å²) in [5.41, 5.74) is 1.07. The van der Waals surface area contributed by atoms with E-state index < -0.39 is 4.92 Å². The van der Waals surface area contributed by atoms with Crippen molar-refractivity contribution < 1.29 is 14.5 Å². The Hall–Kier alpha value is -2.69. The molecule has 5 nitrogen and oxygen atoms in total. The molecule has 0 bridgehead atoms. The Balaban J connectivity index is 0.00000147. The van der Waals surface area contributed by atoms with Crippen LogP contribution in [0.3, 0.4) is 0 Å². The SMILES string of the molecule is C.O=C1Cc2ccccc2Oc2cc([N+](=O)[O-])ccc21. The molecule has 102 valence electrons. The molecule has 0 aromatic heterocycles. The Bertz CT molecular complexity index is 694. The molecule has 3 rings (SSSR count). The van der Waals surface area contributed by atoms with Crippen LogP contribution in [0.1, 0.15) is 23.3 Å². The number of nitrogens with zero attached hydrogens (tertiary/aromatic N) is 1. The van der Waals surface area contributed by atoms with Crippen molar-refractivity contribution in [1.82, 2.24) is 0 Å². The zero-order chi connectivity index (χ0) is 13.4. The van der Waals surface area contributed by atoms with Gasteiger partial charge in [0, 0.05) is 18.1 Å². The van der Waals surface area contributed by atoms with Crippen LogP contribution >= 0.6 is 0 Å². The number of ketones is 1. The van der Waals surface area contributed by atoms with Gasteiger partial charge in [0.1, 0.15) is 11.5 Å². The first-order valence-electron chi connectivity index (χ1n) is 5.72. The lowest BCUT2D eigenvalue weighted by Gasteiger charge is -2.07. The molecule has 20 heavy (non-hydrogen) atoms. The van der Waals surface area contributed by atoms with E-state index >= 15 is 0 Å². The predicted octanol–water partition coefficient (Wildman–Crippen LogP) is 3.76. The van der Waals surface area contributed by atoms with Gasteiger partial charge in [-0.1, -0.05) is 25.6 Å². The van der Waals surface area contributed by atoms with E-state index in [4.69, 9.17) is 4.74 Å². The van der Waals surface area contributed by atoms with Crippen LogP contribution in [-0.4, -0.2) is 10.7 Å². The molecular weight excluding hydrogens is 258 g/mol. The molecule has 5 heteroatoms. The second kappa shape index (κ2) is 5.13. The van der Waals surface area contributed by atoms with Crippen molar-refractivity contribution in [3.05, 3.63) is 63.7 Å². The minimum atomic E-state index is -0.509. The highest BCUT2D eigenvalue weighted by Crippen LogP contribution is 2.35. The zero-order valence-electron chi connectivity index (χ0n) is 9.83. The fourth-order valence-corrected chi connectivity index (χ4v) is 2.08. The van der Waals surface area contributed by atoms with Crippen molar-refractivity contribution in [3.8, 4) is 11.5 Å². The second-order valence-electron chi connectivity index (χ2n) is 4.25. The third-order valence-electron chi connectivity index (χ3n) is 3.02. The average molecular weight is 271 g/mol. The predicted molar refractivity (Wildman–Crippen MR) is 74.4 cm³/mol. The molecule has 0 spiro atoms. The number of rotatable bonds is 1. The molecule has 0 aliphatic carbocycles. The van der Waals surface area contributed by atoms with Gasteiger partial charge in [-0.3, -0.25) is 14.9 Å². The fraction of sp³-hybridized carbons (Fsp3) is 0.133. The highest BCUT2D eigenvalue weighted by atomic mass is 16.6. The zero-order valence-corrected chi connectivity index (χ0v) is 9.83. The van der Waals surface area contributed by atoms with Crippen LogP contribution in [-0.2, 0) is 6.42 Å². The number of hydrogen-bond acceptors (Lipinski definition) is 4. The molecule has 0 saturated carbocycles.